The van der Waals surface area contributed by atoms with Gasteiger partial charge in [-0.05, 0) is 35.7 Å². The van der Waals surface area contributed by atoms with Gasteiger partial charge in [-0.3, -0.25) is 4.99 Å². The molecule has 1 rings (SSSR count). The number of hydrogen-bond donors (Lipinski definition) is 2. The standard InChI is InChI=1S/C14H25N3S/c1-4-5-6-7-12(2)17-14(15-3)16-10-13-8-9-18-11-13/h8-9,11-12H,4-7,10H2,1-3H3,(H2,15,16,17). The summed E-state index contributed by atoms with van der Waals surface area (Å²) < 4.78 is 0. The zero-order valence-corrected chi connectivity index (χ0v) is 12.5. The molecular formula is C14H25N3S. The first-order chi connectivity index (χ1) is 8.76. The first-order valence-electron chi connectivity index (χ1n) is 6.74. The van der Waals surface area contributed by atoms with Crippen LogP contribution in [0.15, 0.2) is 21.8 Å². The number of rotatable bonds is 7. The van der Waals surface area contributed by atoms with E-state index >= 15 is 0 Å². The van der Waals surface area contributed by atoms with Crippen LogP contribution >= 0.6 is 11.3 Å². The molecule has 18 heavy (non-hydrogen) atoms. The van der Waals surface area contributed by atoms with Crippen LogP contribution in [0.3, 0.4) is 0 Å². The van der Waals surface area contributed by atoms with Crippen molar-refractivity contribution in [1.29, 1.82) is 0 Å². The van der Waals surface area contributed by atoms with Gasteiger partial charge in [0.05, 0.1) is 0 Å². The Bertz CT molecular complexity index is 333. The highest BCUT2D eigenvalue weighted by molar-refractivity contribution is 7.07. The van der Waals surface area contributed by atoms with Crippen LogP contribution < -0.4 is 10.6 Å². The molecule has 3 nitrogen and oxygen atoms in total. The summed E-state index contributed by atoms with van der Waals surface area (Å²) in [6, 6.07) is 2.61. The van der Waals surface area contributed by atoms with Crippen molar-refractivity contribution < 1.29 is 0 Å². The lowest BCUT2D eigenvalue weighted by molar-refractivity contribution is 0.547. The highest BCUT2D eigenvalue weighted by Crippen LogP contribution is 2.05. The minimum absolute atomic E-state index is 0.477. The molecule has 0 aliphatic heterocycles. The fourth-order valence-electron chi connectivity index (χ4n) is 1.78. The minimum atomic E-state index is 0.477. The van der Waals surface area contributed by atoms with E-state index < -0.39 is 0 Å². The largest absolute Gasteiger partial charge is 0.354 e. The number of nitrogens with one attached hydrogen (secondary N) is 2. The van der Waals surface area contributed by atoms with E-state index in [1.165, 1.54) is 31.2 Å². The van der Waals surface area contributed by atoms with Gasteiger partial charge in [-0.15, -0.1) is 0 Å². The third-order valence-corrected chi connectivity index (χ3v) is 3.62. The Morgan fingerprint density at radius 2 is 2.28 bits per heavy atom. The second kappa shape index (κ2) is 8.97. The number of thiophene rings is 1. The average Bonchev–Trinajstić information content (AvgIpc) is 2.88. The number of guanidine groups is 1. The Morgan fingerprint density at radius 3 is 2.89 bits per heavy atom. The topological polar surface area (TPSA) is 36.4 Å². The Kier molecular flexibility index (Phi) is 7.49. The Morgan fingerprint density at radius 1 is 1.44 bits per heavy atom. The fraction of sp³-hybridized carbons (Fsp3) is 0.643. The normalized spacial score (nSPS) is 13.4. The summed E-state index contributed by atoms with van der Waals surface area (Å²) in [4.78, 5) is 4.25. The lowest BCUT2D eigenvalue weighted by Gasteiger charge is -2.17. The quantitative estimate of drug-likeness (QED) is 0.451. The smallest absolute Gasteiger partial charge is 0.191 e. The van der Waals surface area contributed by atoms with Crippen LogP contribution in [0.5, 0.6) is 0 Å². The number of unbranched alkanes of at least 4 members (excludes halogenated alkanes) is 2. The van der Waals surface area contributed by atoms with Crippen molar-refractivity contribution in [3.8, 4) is 0 Å². The highest BCUT2D eigenvalue weighted by atomic mass is 32.1. The van der Waals surface area contributed by atoms with Crippen molar-refractivity contribution in [2.75, 3.05) is 7.05 Å². The fourth-order valence-corrected chi connectivity index (χ4v) is 2.45. The van der Waals surface area contributed by atoms with Gasteiger partial charge >= 0.3 is 0 Å². The van der Waals surface area contributed by atoms with Gasteiger partial charge in [0.1, 0.15) is 0 Å². The third-order valence-electron chi connectivity index (χ3n) is 2.89. The number of nitrogens with zero attached hydrogens (tertiary/aromatic N) is 1. The SMILES string of the molecule is CCCCCC(C)NC(=NC)NCc1ccsc1. The summed E-state index contributed by atoms with van der Waals surface area (Å²) in [6.45, 7) is 5.29. The first-order valence-corrected chi connectivity index (χ1v) is 7.68. The van der Waals surface area contributed by atoms with Crippen LogP contribution in [-0.4, -0.2) is 19.0 Å². The molecule has 2 N–H and O–H groups in total. The molecule has 0 saturated heterocycles. The summed E-state index contributed by atoms with van der Waals surface area (Å²) in [5.41, 5.74) is 1.31. The molecule has 4 heteroatoms. The van der Waals surface area contributed by atoms with Crippen molar-refractivity contribution in [2.24, 2.45) is 4.99 Å². The minimum Gasteiger partial charge on any atom is -0.354 e. The zero-order valence-electron chi connectivity index (χ0n) is 11.7. The van der Waals surface area contributed by atoms with Gasteiger partial charge in [0.2, 0.25) is 0 Å². The second-order valence-electron chi connectivity index (χ2n) is 4.60. The monoisotopic (exact) mass is 267 g/mol. The summed E-state index contributed by atoms with van der Waals surface area (Å²) >= 11 is 1.73. The molecule has 0 bridgehead atoms. The van der Waals surface area contributed by atoms with Crippen LogP contribution in [0.2, 0.25) is 0 Å². The summed E-state index contributed by atoms with van der Waals surface area (Å²) in [5, 5.41) is 11.0. The number of hydrogen-bond acceptors (Lipinski definition) is 2. The lowest BCUT2D eigenvalue weighted by atomic mass is 10.1. The first kappa shape index (κ1) is 15.0. The van der Waals surface area contributed by atoms with Crippen LogP contribution in [0, 0.1) is 0 Å². The predicted molar refractivity (Wildman–Crippen MR) is 81.3 cm³/mol. The highest BCUT2D eigenvalue weighted by Gasteiger charge is 2.04. The van der Waals surface area contributed by atoms with Crippen molar-refractivity contribution in [2.45, 2.75) is 52.1 Å². The molecule has 1 atom stereocenters. The van der Waals surface area contributed by atoms with Gasteiger partial charge in [-0.25, -0.2) is 0 Å². The molecule has 1 heterocycles. The Balaban J connectivity index is 2.24. The summed E-state index contributed by atoms with van der Waals surface area (Å²) in [7, 11) is 1.82. The van der Waals surface area contributed by atoms with Gasteiger partial charge in [0.15, 0.2) is 5.96 Å². The van der Waals surface area contributed by atoms with E-state index in [1.54, 1.807) is 11.3 Å². The van der Waals surface area contributed by atoms with Gasteiger partial charge in [-0.2, -0.15) is 11.3 Å². The average molecular weight is 267 g/mol. The van der Waals surface area contributed by atoms with Gasteiger partial charge in [0, 0.05) is 19.6 Å². The molecule has 0 aromatic carbocycles. The molecule has 1 unspecified atom stereocenters. The van der Waals surface area contributed by atoms with Crippen molar-refractivity contribution >= 4 is 17.3 Å². The maximum Gasteiger partial charge on any atom is 0.191 e. The van der Waals surface area contributed by atoms with Gasteiger partial charge in [0.25, 0.3) is 0 Å². The lowest BCUT2D eigenvalue weighted by Crippen LogP contribution is -2.41. The van der Waals surface area contributed by atoms with Gasteiger partial charge in [-0.1, -0.05) is 26.2 Å². The molecule has 102 valence electrons. The molecule has 0 aliphatic carbocycles. The predicted octanol–water partition coefficient (Wildman–Crippen LogP) is 3.38. The summed E-state index contributed by atoms with van der Waals surface area (Å²) in [5.74, 6) is 0.894. The molecule has 0 amide bonds. The molecule has 1 aromatic rings. The number of aliphatic imine (C=N–C) groups is 1. The van der Waals surface area contributed by atoms with Crippen molar-refractivity contribution in [3.05, 3.63) is 22.4 Å². The summed E-state index contributed by atoms with van der Waals surface area (Å²) in [6.07, 6.45) is 5.07. The van der Waals surface area contributed by atoms with E-state index in [9.17, 15) is 0 Å². The van der Waals surface area contributed by atoms with Crippen LogP contribution in [-0.2, 0) is 6.54 Å². The van der Waals surface area contributed by atoms with Crippen LogP contribution in [0.1, 0.15) is 45.1 Å². The van der Waals surface area contributed by atoms with E-state index in [-0.39, 0.29) is 0 Å². The third kappa shape index (κ3) is 6.05. The molecular weight excluding hydrogens is 242 g/mol. The molecule has 1 aromatic heterocycles. The van der Waals surface area contributed by atoms with Crippen LogP contribution in [0.25, 0.3) is 0 Å². The van der Waals surface area contributed by atoms with Gasteiger partial charge < -0.3 is 10.6 Å². The van der Waals surface area contributed by atoms with Crippen molar-refractivity contribution in [3.63, 3.8) is 0 Å². The van der Waals surface area contributed by atoms with E-state index in [0.29, 0.717) is 6.04 Å². The van der Waals surface area contributed by atoms with Crippen molar-refractivity contribution in [1.82, 2.24) is 10.6 Å². The molecule has 0 fully saturated rings. The Labute approximate surface area is 115 Å². The van der Waals surface area contributed by atoms with E-state index in [2.05, 4.69) is 46.3 Å². The van der Waals surface area contributed by atoms with Crippen LogP contribution in [0.4, 0.5) is 0 Å². The van der Waals surface area contributed by atoms with E-state index in [0.717, 1.165) is 12.5 Å². The maximum absolute atomic E-state index is 4.25. The molecule has 0 radical (unpaired) electrons. The maximum atomic E-state index is 4.25. The second-order valence-corrected chi connectivity index (χ2v) is 5.38. The van der Waals surface area contributed by atoms with E-state index in [1.807, 2.05) is 7.05 Å². The molecule has 0 aliphatic rings. The van der Waals surface area contributed by atoms with E-state index in [4.69, 9.17) is 0 Å². The molecule has 0 spiro atoms. The zero-order chi connectivity index (χ0) is 13.2. The Hall–Kier alpha value is -1.03. The molecule has 0 saturated carbocycles.